The van der Waals surface area contributed by atoms with Crippen molar-refractivity contribution in [1.29, 1.82) is 0 Å². The fraction of sp³-hybridized carbons (Fsp3) is 0.400. The molecule has 0 saturated heterocycles. The van der Waals surface area contributed by atoms with E-state index in [9.17, 15) is 0 Å². The number of aryl methyl sites for hydroxylation is 4. The molecular formula is C10H13N2O+. The van der Waals surface area contributed by atoms with Gasteiger partial charge in [0.15, 0.2) is 11.5 Å². The number of rotatable bonds is 0. The maximum absolute atomic E-state index is 5.51. The molecule has 0 fully saturated rings. The van der Waals surface area contributed by atoms with Crippen molar-refractivity contribution in [1.82, 2.24) is 4.98 Å². The number of fused-ring (bicyclic) bond motifs is 1. The second kappa shape index (κ2) is 2.55. The predicted molar refractivity (Wildman–Crippen MR) is 48.6 cm³/mol. The van der Waals surface area contributed by atoms with E-state index in [-0.39, 0.29) is 0 Å². The molecule has 0 amide bonds. The van der Waals surface area contributed by atoms with Gasteiger partial charge in [0.2, 0.25) is 0 Å². The summed E-state index contributed by atoms with van der Waals surface area (Å²) in [7, 11) is 0. The number of hydrogen-bond donors (Lipinski definition) is 0. The second-order valence-corrected chi connectivity index (χ2v) is 3.40. The molecule has 3 nitrogen and oxygen atoms in total. The molecule has 0 bridgehead atoms. The zero-order chi connectivity index (χ0) is 9.59. The smallest absolute Gasteiger partial charge is 0.389 e. The summed E-state index contributed by atoms with van der Waals surface area (Å²) in [5.41, 5.74) is 3.28. The van der Waals surface area contributed by atoms with Gasteiger partial charge in [-0.1, -0.05) is 0 Å². The van der Waals surface area contributed by atoms with E-state index in [0.717, 1.165) is 22.8 Å². The summed E-state index contributed by atoms with van der Waals surface area (Å²) in [5.74, 6) is 1.62. The molecule has 0 aliphatic heterocycles. The van der Waals surface area contributed by atoms with Crippen LogP contribution in [0.2, 0.25) is 0 Å². The molecule has 0 atom stereocenters. The zero-order valence-corrected chi connectivity index (χ0v) is 8.38. The third kappa shape index (κ3) is 1.11. The first-order chi connectivity index (χ1) is 6.09. The van der Waals surface area contributed by atoms with Gasteiger partial charge in [-0.3, -0.25) is 0 Å². The Balaban J connectivity index is 2.94. The molecule has 68 valence electrons. The lowest BCUT2D eigenvalue weighted by Gasteiger charge is -1.90. The lowest BCUT2D eigenvalue weighted by Crippen LogP contribution is -2.27. The van der Waals surface area contributed by atoms with E-state index in [0.29, 0.717) is 5.84 Å². The van der Waals surface area contributed by atoms with Crippen LogP contribution in [0.25, 0.3) is 5.84 Å². The first kappa shape index (κ1) is 8.23. The lowest BCUT2D eigenvalue weighted by molar-refractivity contribution is -0.531. The fourth-order valence-corrected chi connectivity index (χ4v) is 1.60. The average Bonchev–Trinajstić information content (AvgIpc) is 2.27. The minimum absolute atomic E-state index is 0.688. The Bertz CT molecular complexity index is 471. The normalized spacial score (nSPS) is 11.1. The van der Waals surface area contributed by atoms with Gasteiger partial charge in [0.05, 0.1) is 0 Å². The van der Waals surface area contributed by atoms with Crippen molar-refractivity contribution in [3.05, 3.63) is 28.9 Å². The van der Waals surface area contributed by atoms with Crippen LogP contribution in [0.15, 0.2) is 10.5 Å². The largest absolute Gasteiger partial charge is 0.509 e. The van der Waals surface area contributed by atoms with Gasteiger partial charge in [-0.2, -0.15) is 4.40 Å². The molecular weight excluding hydrogens is 164 g/mol. The van der Waals surface area contributed by atoms with Gasteiger partial charge < -0.3 is 4.42 Å². The Labute approximate surface area is 77.0 Å². The summed E-state index contributed by atoms with van der Waals surface area (Å²) in [6, 6.07) is 2.05. The monoisotopic (exact) mass is 177 g/mol. The molecule has 3 heteroatoms. The summed E-state index contributed by atoms with van der Waals surface area (Å²) in [4.78, 5) is 4.31. The van der Waals surface area contributed by atoms with E-state index in [1.165, 1.54) is 0 Å². The van der Waals surface area contributed by atoms with E-state index >= 15 is 0 Å². The summed E-state index contributed by atoms with van der Waals surface area (Å²) in [5, 5.41) is 0. The van der Waals surface area contributed by atoms with Crippen LogP contribution in [0.4, 0.5) is 0 Å². The Morgan fingerprint density at radius 2 is 1.92 bits per heavy atom. The van der Waals surface area contributed by atoms with Crippen LogP contribution in [-0.4, -0.2) is 4.98 Å². The highest BCUT2D eigenvalue weighted by Gasteiger charge is 2.18. The van der Waals surface area contributed by atoms with Crippen molar-refractivity contribution >= 4 is 5.84 Å². The van der Waals surface area contributed by atoms with Crippen LogP contribution >= 0.6 is 0 Å². The van der Waals surface area contributed by atoms with Gasteiger partial charge in [0.25, 0.3) is 0 Å². The molecule has 0 unspecified atom stereocenters. The summed E-state index contributed by atoms with van der Waals surface area (Å²) in [6.45, 7) is 8.03. The van der Waals surface area contributed by atoms with Gasteiger partial charge in [0, 0.05) is 19.9 Å². The van der Waals surface area contributed by atoms with Gasteiger partial charge in [-0.15, -0.1) is 0 Å². The van der Waals surface area contributed by atoms with Gasteiger partial charge in [-0.25, -0.2) is 0 Å². The molecule has 0 aliphatic carbocycles. The quantitative estimate of drug-likeness (QED) is 0.573. The Kier molecular flexibility index (Phi) is 1.62. The van der Waals surface area contributed by atoms with E-state index in [4.69, 9.17) is 4.42 Å². The first-order valence-corrected chi connectivity index (χ1v) is 4.35. The Morgan fingerprint density at radius 3 is 2.62 bits per heavy atom. The molecule has 0 spiro atoms. The summed E-state index contributed by atoms with van der Waals surface area (Å²) >= 11 is 0. The third-order valence-corrected chi connectivity index (χ3v) is 2.32. The maximum atomic E-state index is 5.51. The minimum Gasteiger partial charge on any atom is -0.389 e. The molecule has 0 aromatic carbocycles. The number of oxazole rings is 1. The Morgan fingerprint density at radius 1 is 1.23 bits per heavy atom. The standard InChI is InChI=1S/C10H13N2O/c1-6-5-7(2)12-8(3)9(4)13-10(12)11-6/h5H,1-4H3/q+1. The van der Waals surface area contributed by atoms with Crippen LogP contribution in [0.1, 0.15) is 22.8 Å². The highest BCUT2D eigenvalue weighted by molar-refractivity contribution is 5.20. The van der Waals surface area contributed by atoms with Crippen LogP contribution in [0, 0.1) is 27.7 Å². The molecule has 2 aromatic rings. The molecule has 13 heavy (non-hydrogen) atoms. The van der Waals surface area contributed by atoms with Crippen molar-refractivity contribution in [3.8, 4) is 0 Å². The number of nitrogens with zero attached hydrogens (tertiary/aromatic N) is 2. The molecule has 0 saturated carbocycles. The highest BCUT2D eigenvalue weighted by Crippen LogP contribution is 2.08. The van der Waals surface area contributed by atoms with E-state index in [1.807, 2.05) is 25.2 Å². The topological polar surface area (TPSA) is 30.1 Å². The molecule has 0 N–H and O–H groups in total. The van der Waals surface area contributed by atoms with Crippen molar-refractivity contribution in [2.45, 2.75) is 27.7 Å². The van der Waals surface area contributed by atoms with Crippen molar-refractivity contribution in [3.63, 3.8) is 0 Å². The molecule has 2 heterocycles. The van der Waals surface area contributed by atoms with E-state index in [1.54, 1.807) is 0 Å². The lowest BCUT2D eigenvalue weighted by atomic mass is 10.3. The molecule has 0 radical (unpaired) electrons. The molecule has 0 aliphatic rings. The third-order valence-electron chi connectivity index (χ3n) is 2.32. The summed E-state index contributed by atoms with van der Waals surface area (Å²) < 4.78 is 7.54. The van der Waals surface area contributed by atoms with E-state index in [2.05, 4.69) is 18.0 Å². The van der Waals surface area contributed by atoms with Gasteiger partial charge >= 0.3 is 5.84 Å². The van der Waals surface area contributed by atoms with Crippen LogP contribution in [-0.2, 0) is 0 Å². The first-order valence-electron chi connectivity index (χ1n) is 4.35. The van der Waals surface area contributed by atoms with E-state index < -0.39 is 0 Å². The second-order valence-electron chi connectivity index (χ2n) is 3.40. The van der Waals surface area contributed by atoms with Crippen LogP contribution < -0.4 is 4.40 Å². The summed E-state index contributed by atoms with van der Waals surface area (Å²) in [6.07, 6.45) is 0. The highest BCUT2D eigenvalue weighted by atomic mass is 16.4. The zero-order valence-electron chi connectivity index (χ0n) is 8.38. The molecule has 2 rings (SSSR count). The average molecular weight is 177 g/mol. The van der Waals surface area contributed by atoms with Crippen LogP contribution in [0.5, 0.6) is 0 Å². The predicted octanol–water partition coefficient (Wildman–Crippen LogP) is 1.65. The molecule has 2 aromatic heterocycles. The van der Waals surface area contributed by atoms with Crippen molar-refractivity contribution in [2.24, 2.45) is 0 Å². The van der Waals surface area contributed by atoms with Gasteiger partial charge in [0.1, 0.15) is 11.4 Å². The van der Waals surface area contributed by atoms with Crippen molar-refractivity contribution in [2.75, 3.05) is 0 Å². The number of hydrogen-bond acceptors (Lipinski definition) is 2. The van der Waals surface area contributed by atoms with Gasteiger partial charge in [-0.05, 0) is 18.8 Å². The fourth-order valence-electron chi connectivity index (χ4n) is 1.60. The maximum Gasteiger partial charge on any atom is 0.509 e. The van der Waals surface area contributed by atoms with Crippen LogP contribution in [0.3, 0.4) is 0 Å². The van der Waals surface area contributed by atoms with Crippen molar-refractivity contribution < 1.29 is 8.82 Å². The minimum atomic E-state index is 0.688. The SMILES string of the molecule is Cc1cc(C)[n+]2c(C)c(C)oc2n1. The number of aromatic nitrogens is 2. The Hall–Kier alpha value is -1.38.